The van der Waals surface area contributed by atoms with Gasteiger partial charge in [-0.3, -0.25) is 4.79 Å². The highest BCUT2D eigenvalue weighted by molar-refractivity contribution is 8.01. The van der Waals surface area contributed by atoms with Crippen molar-refractivity contribution in [1.29, 1.82) is 0 Å². The van der Waals surface area contributed by atoms with Gasteiger partial charge in [-0.1, -0.05) is 23.1 Å². The Hall–Kier alpha value is -2.36. The third-order valence-electron chi connectivity index (χ3n) is 4.71. The molecule has 0 aliphatic carbocycles. The minimum absolute atomic E-state index is 0.0869. The lowest BCUT2D eigenvalue weighted by Crippen LogP contribution is -2.14. The molecule has 2 heterocycles. The number of hydrogen-bond acceptors (Lipinski definition) is 8. The van der Waals surface area contributed by atoms with Gasteiger partial charge in [-0.05, 0) is 51.1 Å². The highest BCUT2D eigenvalue weighted by atomic mass is 32.2. The lowest BCUT2D eigenvalue weighted by atomic mass is 10.2. The van der Waals surface area contributed by atoms with E-state index in [0.29, 0.717) is 17.5 Å². The second-order valence-corrected chi connectivity index (χ2v) is 9.10. The zero-order valence-electron chi connectivity index (χ0n) is 17.8. The van der Waals surface area contributed by atoms with Crippen LogP contribution in [-0.4, -0.2) is 47.1 Å². The number of Topliss-reactive ketones (excluding diaryl/α,β-unsaturated/α-hetero) is 1. The van der Waals surface area contributed by atoms with E-state index in [9.17, 15) is 4.79 Å². The van der Waals surface area contributed by atoms with Gasteiger partial charge >= 0.3 is 0 Å². The van der Waals surface area contributed by atoms with Crippen LogP contribution < -0.4 is 10.1 Å². The maximum Gasteiger partial charge on any atom is 0.210 e. The molecule has 1 aromatic carbocycles. The first-order valence-electron chi connectivity index (χ1n) is 9.50. The molecule has 0 saturated carbocycles. The second-order valence-electron chi connectivity index (χ2n) is 6.90. The number of rotatable bonds is 10. The van der Waals surface area contributed by atoms with Gasteiger partial charge in [-0.15, -0.1) is 10.2 Å². The van der Waals surface area contributed by atoms with Gasteiger partial charge in [0.25, 0.3) is 0 Å². The number of methoxy groups -OCH3 is 2. The molecule has 1 unspecified atom stereocenters. The molecule has 3 aromatic rings. The first-order valence-corrected chi connectivity index (χ1v) is 11.3. The summed E-state index contributed by atoms with van der Waals surface area (Å²) in [6.07, 6.45) is 0. The van der Waals surface area contributed by atoms with Crippen LogP contribution in [0.3, 0.4) is 0 Å². The average molecular weight is 447 g/mol. The maximum absolute atomic E-state index is 12.8. The van der Waals surface area contributed by atoms with Crippen LogP contribution >= 0.6 is 23.1 Å². The molecule has 1 atom stereocenters. The molecular weight excluding hydrogens is 420 g/mol. The highest BCUT2D eigenvalue weighted by Gasteiger charge is 2.19. The van der Waals surface area contributed by atoms with Gasteiger partial charge in [0.15, 0.2) is 10.1 Å². The summed E-state index contributed by atoms with van der Waals surface area (Å²) < 4.78 is 13.3. The van der Waals surface area contributed by atoms with E-state index in [4.69, 9.17) is 9.47 Å². The molecule has 0 aliphatic rings. The van der Waals surface area contributed by atoms with Crippen molar-refractivity contribution in [3.8, 4) is 5.75 Å². The molecule has 0 fully saturated rings. The minimum atomic E-state index is 0.0869. The predicted octanol–water partition coefficient (Wildman–Crippen LogP) is 4.89. The summed E-state index contributed by atoms with van der Waals surface area (Å²) in [5.41, 5.74) is 3.69. The summed E-state index contributed by atoms with van der Waals surface area (Å²) in [6.45, 7) is 6.70. The molecule has 3 rings (SSSR count). The van der Waals surface area contributed by atoms with Gasteiger partial charge in [0, 0.05) is 29.7 Å². The van der Waals surface area contributed by atoms with Crippen molar-refractivity contribution < 1.29 is 14.3 Å². The molecule has 0 radical (unpaired) electrons. The van der Waals surface area contributed by atoms with Crippen molar-refractivity contribution in [2.45, 2.75) is 31.2 Å². The van der Waals surface area contributed by atoms with E-state index < -0.39 is 0 Å². The van der Waals surface area contributed by atoms with Crippen molar-refractivity contribution in [3.63, 3.8) is 0 Å². The van der Waals surface area contributed by atoms with Gasteiger partial charge in [0.1, 0.15) is 5.75 Å². The lowest BCUT2D eigenvalue weighted by Gasteiger charge is -2.17. The Balaban J connectivity index is 1.61. The standard InChI is InChI=1S/C21H26N4O3S2/c1-13-10-18(15(3)25(13)14(2)11-27-4)19(26)12-29-21-24-23-20(30-21)22-16-6-8-17(28-5)9-7-16/h6-10,14H,11-12H2,1-5H3,(H,22,23). The van der Waals surface area contributed by atoms with E-state index in [1.54, 1.807) is 14.2 Å². The molecule has 7 nitrogen and oxygen atoms in total. The normalized spacial score (nSPS) is 12.0. The number of benzene rings is 1. The minimum Gasteiger partial charge on any atom is -0.497 e. The Kier molecular flexibility index (Phi) is 7.52. The van der Waals surface area contributed by atoms with E-state index in [1.165, 1.54) is 23.1 Å². The number of aryl methyl sites for hydroxylation is 1. The molecule has 0 saturated heterocycles. The van der Waals surface area contributed by atoms with Crippen molar-refractivity contribution in [2.75, 3.05) is 31.9 Å². The number of anilines is 2. The van der Waals surface area contributed by atoms with Crippen LogP contribution in [0.2, 0.25) is 0 Å². The summed E-state index contributed by atoms with van der Waals surface area (Å²) in [4.78, 5) is 12.8. The van der Waals surface area contributed by atoms with Crippen LogP contribution in [0.15, 0.2) is 34.7 Å². The summed E-state index contributed by atoms with van der Waals surface area (Å²) in [6, 6.07) is 9.72. The van der Waals surface area contributed by atoms with Crippen molar-refractivity contribution in [2.24, 2.45) is 0 Å². The number of hydrogen-bond donors (Lipinski definition) is 1. The number of nitrogens with zero attached hydrogens (tertiary/aromatic N) is 3. The van der Waals surface area contributed by atoms with E-state index in [1.807, 2.05) is 44.2 Å². The Morgan fingerprint density at radius 3 is 2.63 bits per heavy atom. The monoisotopic (exact) mass is 446 g/mol. The van der Waals surface area contributed by atoms with E-state index in [-0.39, 0.29) is 11.8 Å². The van der Waals surface area contributed by atoms with E-state index in [2.05, 4.69) is 27.0 Å². The fourth-order valence-corrected chi connectivity index (χ4v) is 5.03. The number of carbonyl (C=O) groups is 1. The van der Waals surface area contributed by atoms with Crippen molar-refractivity contribution >= 4 is 39.7 Å². The quantitative estimate of drug-likeness (QED) is 0.351. The first-order chi connectivity index (χ1) is 14.4. The van der Waals surface area contributed by atoms with Crippen LogP contribution in [0.1, 0.15) is 34.7 Å². The molecule has 2 aromatic heterocycles. The summed E-state index contributed by atoms with van der Waals surface area (Å²) >= 11 is 2.83. The van der Waals surface area contributed by atoms with Gasteiger partial charge < -0.3 is 19.4 Å². The van der Waals surface area contributed by atoms with Gasteiger partial charge in [0.05, 0.1) is 25.5 Å². The third-order valence-corrected chi connectivity index (χ3v) is 6.68. The Labute approximate surface area is 184 Å². The Morgan fingerprint density at radius 1 is 1.23 bits per heavy atom. The topological polar surface area (TPSA) is 78.3 Å². The molecular formula is C21H26N4O3S2. The molecule has 160 valence electrons. The SMILES string of the molecule is COCC(C)n1c(C)cc(C(=O)CSc2nnc(Nc3ccc(OC)cc3)s2)c1C. The van der Waals surface area contributed by atoms with Crippen molar-refractivity contribution in [3.05, 3.63) is 47.3 Å². The number of thioether (sulfide) groups is 1. The first kappa shape index (κ1) is 22.3. The average Bonchev–Trinajstić information content (AvgIpc) is 3.30. The molecule has 0 aliphatic heterocycles. The molecule has 30 heavy (non-hydrogen) atoms. The van der Waals surface area contributed by atoms with Gasteiger partial charge in [-0.2, -0.15) is 0 Å². The smallest absolute Gasteiger partial charge is 0.210 e. The van der Waals surface area contributed by atoms with Crippen LogP contribution in [0, 0.1) is 13.8 Å². The Bertz CT molecular complexity index is 998. The summed E-state index contributed by atoms with van der Waals surface area (Å²) in [5, 5.41) is 12.2. The molecule has 0 amide bonds. The third kappa shape index (κ3) is 5.21. The van der Waals surface area contributed by atoms with E-state index in [0.717, 1.165) is 32.7 Å². The number of carbonyl (C=O) groups excluding carboxylic acids is 1. The van der Waals surface area contributed by atoms with Crippen LogP contribution in [0.5, 0.6) is 5.75 Å². The zero-order chi connectivity index (χ0) is 21.7. The zero-order valence-corrected chi connectivity index (χ0v) is 19.4. The molecule has 1 N–H and O–H groups in total. The summed E-state index contributed by atoms with van der Waals surface area (Å²) in [7, 11) is 3.32. The van der Waals surface area contributed by atoms with Crippen molar-refractivity contribution in [1.82, 2.24) is 14.8 Å². The lowest BCUT2D eigenvalue weighted by molar-refractivity contribution is 0.102. The Morgan fingerprint density at radius 2 is 1.97 bits per heavy atom. The van der Waals surface area contributed by atoms with Crippen LogP contribution in [0.25, 0.3) is 0 Å². The summed E-state index contributed by atoms with van der Waals surface area (Å²) in [5.74, 6) is 1.20. The fraction of sp³-hybridized carbons (Fsp3) is 0.381. The van der Waals surface area contributed by atoms with Crippen LogP contribution in [-0.2, 0) is 4.74 Å². The molecule has 0 bridgehead atoms. The fourth-order valence-electron chi connectivity index (χ4n) is 3.37. The molecule has 0 spiro atoms. The number of ether oxygens (including phenoxy) is 2. The second kappa shape index (κ2) is 10.1. The highest BCUT2D eigenvalue weighted by Crippen LogP contribution is 2.29. The number of nitrogens with one attached hydrogen (secondary N) is 1. The van der Waals surface area contributed by atoms with Gasteiger partial charge in [0.2, 0.25) is 5.13 Å². The van der Waals surface area contributed by atoms with E-state index >= 15 is 0 Å². The maximum atomic E-state index is 12.8. The predicted molar refractivity (Wildman–Crippen MR) is 122 cm³/mol. The number of ketones is 1. The number of aromatic nitrogens is 3. The van der Waals surface area contributed by atoms with Crippen LogP contribution in [0.4, 0.5) is 10.8 Å². The molecule has 9 heteroatoms. The largest absolute Gasteiger partial charge is 0.497 e. The van der Waals surface area contributed by atoms with Gasteiger partial charge in [-0.25, -0.2) is 0 Å².